The van der Waals surface area contributed by atoms with Gasteiger partial charge in [-0.25, -0.2) is 18.7 Å². The van der Waals surface area contributed by atoms with Crippen LogP contribution in [0, 0.1) is 18.6 Å². The molecule has 0 spiro atoms. The van der Waals surface area contributed by atoms with Gasteiger partial charge in [0.2, 0.25) is 0 Å². The van der Waals surface area contributed by atoms with Gasteiger partial charge in [0.15, 0.2) is 0 Å². The monoisotopic (exact) mass is 377 g/mol. The lowest BCUT2D eigenvalue weighted by Gasteiger charge is -2.08. The molecule has 1 aromatic heterocycles. The van der Waals surface area contributed by atoms with Crippen LogP contribution in [0.4, 0.5) is 20.3 Å². The fourth-order valence-corrected chi connectivity index (χ4v) is 2.17. The first-order valence-corrected chi connectivity index (χ1v) is 6.47. The van der Waals surface area contributed by atoms with Crippen molar-refractivity contribution in [3.8, 4) is 0 Å². The fourth-order valence-electron chi connectivity index (χ4n) is 1.35. The van der Waals surface area contributed by atoms with Crippen molar-refractivity contribution in [2.45, 2.75) is 6.92 Å². The van der Waals surface area contributed by atoms with Gasteiger partial charge in [-0.1, -0.05) is 0 Å². The average Bonchev–Trinajstić information content (AvgIpc) is 2.24. The van der Waals surface area contributed by atoms with Crippen molar-refractivity contribution in [3.05, 3.63) is 44.7 Å². The zero-order chi connectivity index (χ0) is 13.3. The third kappa shape index (κ3) is 3.02. The molecule has 7 heteroatoms. The Morgan fingerprint density at radius 2 is 1.78 bits per heavy atom. The molecule has 0 saturated heterocycles. The first kappa shape index (κ1) is 13.4. The Morgan fingerprint density at radius 1 is 1.06 bits per heavy atom. The van der Waals surface area contributed by atoms with E-state index >= 15 is 0 Å². The van der Waals surface area contributed by atoms with E-state index in [1.807, 2.05) is 0 Å². The summed E-state index contributed by atoms with van der Waals surface area (Å²) in [5, 5.41) is 2.77. The minimum Gasteiger partial charge on any atom is -0.338 e. The Labute approximate surface area is 119 Å². The van der Waals surface area contributed by atoms with Crippen molar-refractivity contribution in [2.24, 2.45) is 0 Å². The highest BCUT2D eigenvalue weighted by Crippen LogP contribution is 2.26. The SMILES string of the molecule is Cc1nc(Br)cc(Nc2cc(Br)c(F)cc2F)n1. The van der Waals surface area contributed by atoms with Crippen LogP contribution >= 0.6 is 31.9 Å². The van der Waals surface area contributed by atoms with E-state index in [0.717, 1.165) is 6.07 Å². The molecule has 0 unspecified atom stereocenters. The fraction of sp³-hybridized carbons (Fsp3) is 0.0909. The number of hydrogen-bond donors (Lipinski definition) is 1. The van der Waals surface area contributed by atoms with Crippen LogP contribution in [0.3, 0.4) is 0 Å². The van der Waals surface area contributed by atoms with Crippen molar-refractivity contribution < 1.29 is 8.78 Å². The minimum atomic E-state index is -0.692. The molecular weight excluding hydrogens is 372 g/mol. The van der Waals surface area contributed by atoms with E-state index in [9.17, 15) is 8.78 Å². The normalized spacial score (nSPS) is 10.5. The second-order valence-electron chi connectivity index (χ2n) is 3.49. The summed E-state index contributed by atoms with van der Waals surface area (Å²) >= 11 is 6.22. The Hall–Kier alpha value is -1.08. The van der Waals surface area contributed by atoms with Gasteiger partial charge in [-0.3, -0.25) is 0 Å². The van der Waals surface area contributed by atoms with Gasteiger partial charge in [0.1, 0.15) is 27.9 Å². The standard InChI is InChI=1S/C11H7Br2F2N3/c1-5-16-10(13)4-11(17-5)18-9-2-6(12)7(14)3-8(9)15/h2-4H,1H3,(H,16,17,18). The first-order chi connectivity index (χ1) is 8.45. The zero-order valence-electron chi connectivity index (χ0n) is 9.14. The van der Waals surface area contributed by atoms with E-state index in [-0.39, 0.29) is 10.2 Å². The number of anilines is 2. The van der Waals surface area contributed by atoms with Gasteiger partial charge < -0.3 is 5.32 Å². The third-order valence-electron chi connectivity index (χ3n) is 2.08. The highest BCUT2D eigenvalue weighted by molar-refractivity contribution is 9.10. The Balaban J connectivity index is 2.36. The summed E-state index contributed by atoms with van der Waals surface area (Å²) in [5.41, 5.74) is 0.133. The lowest BCUT2D eigenvalue weighted by Crippen LogP contribution is -2.00. The van der Waals surface area contributed by atoms with Crippen LogP contribution in [-0.4, -0.2) is 9.97 Å². The number of aromatic nitrogens is 2. The molecule has 1 aromatic carbocycles. The van der Waals surface area contributed by atoms with Crippen LogP contribution < -0.4 is 5.32 Å². The molecule has 94 valence electrons. The smallest absolute Gasteiger partial charge is 0.149 e. The second-order valence-corrected chi connectivity index (χ2v) is 5.16. The van der Waals surface area contributed by atoms with Crippen molar-refractivity contribution in [2.75, 3.05) is 5.32 Å². The number of aryl methyl sites for hydroxylation is 1. The maximum Gasteiger partial charge on any atom is 0.149 e. The first-order valence-electron chi connectivity index (χ1n) is 4.88. The molecule has 0 saturated carbocycles. The number of benzene rings is 1. The summed E-state index contributed by atoms with van der Waals surface area (Å²) in [7, 11) is 0. The van der Waals surface area contributed by atoms with E-state index in [1.54, 1.807) is 13.0 Å². The van der Waals surface area contributed by atoms with Crippen LogP contribution in [0.15, 0.2) is 27.3 Å². The number of halogens is 4. The van der Waals surface area contributed by atoms with Gasteiger partial charge >= 0.3 is 0 Å². The summed E-state index contributed by atoms with van der Waals surface area (Å²) in [4.78, 5) is 8.13. The lowest BCUT2D eigenvalue weighted by molar-refractivity contribution is 0.581. The van der Waals surface area contributed by atoms with Gasteiger partial charge in [0, 0.05) is 12.1 Å². The predicted molar refractivity (Wildman–Crippen MR) is 71.8 cm³/mol. The quantitative estimate of drug-likeness (QED) is 0.624. The van der Waals surface area contributed by atoms with Gasteiger partial charge in [-0.15, -0.1) is 0 Å². The average molecular weight is 379 g/mol. The summed E-state index contributed by atoms with van der Waals surface area (Å²) in [6.45, 7) is 1.72. The highest BCUT2D eigenvalue weighted by atomic mass is 79.9. The van der Waals surface area contributed by atoms with Gasteiger partial charge in [-0.05, 0) is 44.8 Å². The van der Waals surface area contributed by atoms with E-state index in [1.165, 1.54) is 6.07 Å². The molecule has 0 aliphatic heterocycles. The molecule has 2 rings (SSSR count). The molecule has 2 aromatic rings. The van der Waals surface area contributed by atoms with Crippen molar-refractivity contribution >= 4 is 43.4 Å². The maximum atomic E-state index is 13.5. The molecule has 0 amide bonds. The molecule has 0 radical (unpaired) electrons. The summed E-state index contributed by atoms with van der Waals surface area (Å²) in [5.74, 6) is -0.388. The molecule has 0 aliphatic carbocycles. The maximum absolute atomic E-state index is 13.5. The van der Waals surface area contributed by atoms with Crippen LogP contribution in [0.5, 0.6) is 0 Å². The number of hydrogen-bond acceptors (Lipinski definition) is 3. The Kier molecular flexibility index (Phi) is 3.91. The summed E-state index contributed by atoms with van der Waals surface area (Å²) in [6, 6.07) is 3.72. The predicted octanol–water partition coefficient (Wildman–Crippen LogP) is 4.33. The minimum absolute atomic E-state index is 0.133. The molecule has 3 nitrogen and oxygen atoms in total. The van der Waals surface area contributed by atoms with Gasteiger partial charge in [0.05, 0.1) is 10.2 Å². The van der Waals surface area contributed by atoms with Crippen molar-refractivity contribution in [1.82, 2.24) is 9.97 Å². The Bertz CT molecular complexity index is 585. The summed E-state index contributed by atoms with van der Waals surface area (Å²) in [6.07, 6.45) is 0. The molecule has 0 atom stereocenters. The molecule has 18 heavy (non-hydrogen) atoms. The van der Waals surface area contributed by atoms with Crippen LogP contribution in [-0.2, 0) is 0 Å². The molecule has 0 aliphatic rings. The van der Waals surface area contributed by atoms with Gasteiger partial charge in [-0.2, -0.15) is 0 Å². The van der Waals surface area contributed by atoms with E-state index in [4.69, 9.17) is 0 Å². The van der Waals surface area contributed by atoms with Crippen molar-refractivity contribution in [1.29, 1.82) is 0 Å². The van der Waals surface area contributed by atoms with Crippen LogP contribution in [0.2, 0.25) is 0 Å². The molecule has 1 N–H and O–H groups in total. The van der Waals surface area contributed by atoms with Crippen LogP contribution in [0.25, 0.3) is 0 Å². The number of nitrogens with one attached hydrogen (secondary N) is 1. The number of rotatable bonds is 2. The molecule has 0 bridgehead atoms. The van der Waals surface area contributed by atoms with E-state index in [0.29, 0.717) is 16.2 Å². The summed E-state index contributed by atoms with van der Waals surface area (Å²) < 4.78 is 27.4. The topological polar surface area (TPSA) is 37.8 Å². The lowest BCUT2D eigenvalue weighted by atomic mass is 10.3. The highest BCUT2D eigenvalue weighted by Gasteiger charge is 2.09. The van der Waals surface area contributed by atoms with E-state index in [2.05, 4.69) is 47.1 Å². The largest absolute Gasteiger partial charge is 0.338 e. The zero-order valence-corrected chi connectivity index (χ0v) is 12.3. The number of nitrogens with zero attached hydrogens (tertiary/aromatic N) is 2. The van der Waals surface area contributed by atoms with Crippen molar-refractivity contribution in [3.63, 3.8) is 0 Å². The third-order valence-corrected chi connectivity index (χ3v) is 3.09. The molecule has 1 heterocycles. The Morgan fingerprint density at radius 3 is 2.44 bits per heavy atom. The second kappa shape index (κ2) is 5.27. The van der Waals surface area contributed by atoms with E-state index < -0.39 is 11.6 Å². The van der Waals surface area contributed by atoms with Crippen LogP contribution in [0.1, 0.15) is 5.82 Å². The van der Waals surface area contributed by atoms with Gasteiger partial charge in [0.25, 0.3) is 0 Å². The molecule has 0 fully saturated rings. The molecular formula is C11H7Br2F2N3.